The summed E-state index contributed by atoms with van der Waals surface area (Å²) in [5.41, 5.74) is -0.679. The highest BCUT2D eigenvalue weighted by Crippen LogP contribution is 2.30. The van der Waals surface area contributed by atoms with Gasteiger partial charge < -0.3 is 4.57 Å². The van der Waals surface area contributed by atoms with Gasteiger partial charge in [-0.2, -0.15) is 18.3 Å². The highest BCUT2D eigenvalue weighted by atomic mass is 19.4. The first-order valence-corrected chi connectivity index (χ1v) is 5.05. The number of alkyl halides is 3. The van der Waals surface area contributed by atoms with Crippen LogP contribution >= 0.6 is 0 Å². The van der Waals surface area contributed by atoms with Crippen LogP contribution in [0, 0.1) is 0 Å². The lowest BCUT2D eigenvalue weighted by Gasteiger charge is -2.09. The van der Waals surface area contributed by atoms with E-state index in [2.05, 4.69) is 15.2 Å². The molecule has 0 aliphatic carbocycles. The third-order valence-corrected chi connectivity index (χ3v) is 2.33. The molecular weight excluding hydrogens is 233 g/mol. The Balaban J connectivity index is 2.41. The first kappa shape index (κ1) is 11.7. The SMILES string of the molecule is CC(C)n1ccnc1-c1cc(C(F)(F)F)n[nH]1. The van der Waals surface area contributed by atoms with Gasteiger partial charge in [0, 0.05) is 18.4 Å². The summed E-state index contributed by atoms with van der Waals surface area (Å²) in [7, 11) is 0. The highest BCUT2D eigenvalue weighted by Gasteiger charge is 2.34. The quantitative estimate of drug-likeness (QED) is 0.882. The van der Waals surface area contributed by atoms with Crippen molar-refractivity contribution < 1.29 is 13.2 Å². The van der Waals surface area contributed by atoms with Crippen LogP contribution in [0.1, 0.15) is 25.6 Å². The predicted octanol–water partition coefficient (Wildman–Crippen LogP) is 2.87. The zero-order valence-electron chi connectivity index (χ0n) is 9.28. The normalized spacial score (nSPS) is 12.4. The van der Waals surface area contributed by atoms with Gasteiger partial charge >= 0.3 is 6.18 Å². The maximum Gasteiger partial charge on any atom is 0.435 e. The summed E-state index contributed by atoms with van der Waals surface area (Å²) < 4.78 is 38.9. The number of nitrogens with one attached hydrogen (secondary N) is 1. The first-order valence-electron chi connectivity index (χ1n) is 5.05. The lowest BCUT2D eigenvalue weighted by Crippen LogP contribution is -2.04. The molecule has 0 unspecified atom stereocenters. The number of rotatable bonds is 2. The van der Waals surface area contributed by atoms with Gasteiger partial charge in [-0.1, -0.05) is 0 Å². The third-order valence-electron chi connectivity index (χ3n) is 2.33. The molecular formula is C10H11F3N4. The van der Waals surface area contributed by atoms with E-state index in [-0.39, 0.29) is 11.7 Å². The molecule has 2 aromatic rings. The summed E-state index contributed by atoms with van der Waals surface area (Å²) in [5.74, 6) is 0.447. The van der Waals surface area contributed by atoms with Gasteiger partial charge in [-0.15, -0.1) is 0 Å². The molecule has 0 aliphatic heterocycles. The van der Waals surface area contributed by atoms with Crippen LogP contribution in [0.25, 0.3) is 11.5 Å². The van der Waals surface area contributed by atoms with E-state index < -0.39 is 11.9 Å². The molecule has 7 heteroatoms. The Labute approximate surface area is 95.5 Å². The van der Waals surface area contributed by atoms with Crippen LogP contribution in [0.4, 0.5) is 13.2 Å². The zero-order chi connectivity index (χ0) is 12.6. The van der Waals surface area contributed by atoms with Gasteiger partial charge in [0.05, 0.1) is 0 Å². The third kappa shape index (κ3) is 2.17. The molecule has 2 rings (SSSR count). The Bertz CT molecular complexity index is 510. The van der Waals surface area contributed by atoms with E-state index in [0.717, 1.165) is 6.07 Å². The lowest BCUT2D eigenvalue weighted by molar-refractivity contribution is -0.141. The molecule has 1 N–H and O–H groups in total. The van der Waals surface area contributed by atoms with Gasteiger partial charge in [-0.05, 0) is 19.9 Å². The standard InChI is InChI=1S/C10H11F3N4/c1-6(2)17-4-3-14-9(17)7-5-8(16-15-7)10(11,12)13/h3-6H,1-2H3,(H,15,16). The molecule has 0 bridgehead atoms. The monoisotopic (exact) mass is 244 g/mol. The van der Waals surface area contributed by atoms with Gasteiger partial charge in [0.25, 0.3) is 0 Å². The van der Waals surface area contributed by atoms with Crippen LogP contribution < -0.4 is 0 Å². The molecule has 0 spiro atoms. The zero-order valence-corrected chi connectivity index (χ0v) is 9.28. The molecule has 0 saturated heterocycles. The molecule has 0 atom stereocenters. The summed E-state index contributed by atoms with van der Waals surface area (Å²) >= 11 is 0. The molecule has 0 aromatic carbocycles. The minimum absolute atomic E-state index is 0.116. The van der Waals surface area contributed by atoms with Crippen LogP contribution in [0.3, 0.4) is 0 Å². The number of imidazole rings is 1. The summed E-state index contributed by atoms with van der Waals surface area (Å²) in [6.07, 6.45) is -1.18. The lowest BCUT2D eigenvalue weighted by atomic mass is 10.3. The van der Waals surface area contributed by atoms with Crippen molar-refractivity contribution >= 4 is 0 Å². The fraction of sp³-hybridized carbons (Fsp3) is 0.400. The molecule has 0 radical (unpaired) electrons. The molecule has 0 fully saturated rings. The van der Waals surface area contributed by atoms with Crippen molar-refractivity contribution in [2.45, 2.75) is 26.1 Å². The van der Waals surface area contributed by atoms with E-state index in [1.54, 1.807) is 17.0 Å². The van der Waals surface area contributed by atoms with Crippen molar-refractivity contribution in [1.29, 1.82) is 0 Å². The Morgan fingerprint density at radius 1 is 1.35 bits per heavy atom. The average molecular weight is 244 g/mol. The van der Waals surface area contributed by atoms with Gasteiger partial charge in [0.15, 0.2) is 11.5 Å². The van der Waals surface area contributed by atoms with Crippen LogP contribution in [0.2, 0.25) is 0 Å². The van der Waals surface area contributed by atoms with Crippen LogP contribution in [-0.2, 0) is 6.18 Å². The number of hydrogen-bond donors (Lipinski definition) is 1. The van der Waals surface area contributed by atoms with Crippen molar-refractivity contribution in [3.63, 3.8) is 0 Å². The summed E-state index contributed by atoms with van der Waals surface area (Å²) in [5, 5.41) is 5.60. The van der Waals surface area contributed by atoms with Crippen molar-refractivity contribution in [1.82, 2.24) is 19.7 Å². The van der Waals surface area contributed by atoms with Crippen LogP contribution in [-0.4, -0.2) is 19.7 Å². The molecule has 17 heavy (non-hydrogen) atoms. The number of H-pyrrole nitrogens is 1. The number of aromatic nitrogens is 4. The molecule has 4 nitrogen and oxygen atoms in total. The topological polar surface area (TPSA) is 46.5 Å². The van der Waals surface area contributed by atoms with Gasteiger partial charge in [0.2, 0.25) is 0 Å². The van der Waals surface area contributed by atoms with Crippen molar-refractivity contribution in [2.75, 3.05) is 0 Å². The van der Waals surface area contributed by atoms with E-state index in [9.17, 15) is 13.2 Å². The number of nitrogens with zero attached hydrogens (tertiary/aromatic N) is 3. The van der Waals surface area contributed by atoms with E-state index in [1.165, 1.54) is 0 Å². The Morgan fingerprint density at radius 3 is 2.59 bits per heavy atom. The van der Waals surface area contributed by atoms with Crippen molar-refractivity contribution in [2.24, 2.45) is 0 Å². The van der Waals surface area contributed by atoms with E-state index >= 15 is 0 Å². The molecule has 0 amide bonds. The largest absolute Gasteiger partial charge is 0.435 e. The van der Waals surface area contributed by atoms with Crippen LogP contribution in [0.15, 0.2) is 18.5 Å². The second-order valence-electron chi connectivity index (χ2n) is 3.92. The maximum atomic E-state index is 12.4. The highest BCUT2D eigenvalue weighted by molar-refractivity contribution is 5.50. The minimum atomic E-state index is -4.44. The van der Waals surface area contributed by atoms with Gasteiger partial charge in [-0.3, -0.25) is 5.10 Å². The van der Waals surface area contributed by atoms with Gasteiger partial charge in [-0.25, -0.2) is 4.98 Å². The molecule has 0 aliphatic rings. The fourth-order valence-corrected chi connectivity index (χ4v) is 1.52. The van der Waals surface area contributed by atoms with E-state index in [0.29, 0.717) is 5.82 Å². The fourth-order valence-electron chi connectivity index (χ4n) is 1.52. The summed E-state index contributed by atoms with van der Waals surface area (Å²) in [6, 6.07) is 1.08. The number of halogens is 3. The van der Waals surface area contributed by atoms with Crippen molar-refractivity contribution in [3.8, 4) is 11.5 Å². The molecule has 2 heterocycles. The summed E-state index contributed by atoms with van der Waals surface area (Å²) in [6.45, 7) is 3.85. The summed E-state index contributed by atoms with van der Waals surface area (Å²) in [4.78, 5) is 4.03. The predicted molar refractivity (Wildman–Crippen MR) is 55.2 cm³/mol. The first-order chi connectivity index (χ1) is 7.89. The Morgan fingerprint density at radius 2 is 2.06 bits per heavy atom. The van der Waals surface area contributed by atoms with E-state index in [1.807, 2.05) is 13.8 Å². The van der Waals surface area contributed by atoms with E-state index in [4.69, 9.17) is 0 Å². The molecule has 0 saturated carbocycles. The minimum Gasteiger partial charge on any atom is -0.327 e. The smallest absolute Gasteiger partial charge is 0.327 e. The average Bonchev–Trinajstić information content (AvgIpc) is 2.85. The van der Waals surface area contributed by atoms with Crippen LogP contribution in [0.5, 0.6) is 0 Å². The Kier molecular flexibility index (Phi) is 2.68. The number of aromatic amines is 1. The molecule has 2 aromatic heterocycles. The van der Waals surface area contributed by atoms with Crippen molar-refractivity contribution in [3.05, 3.63) is 24.2 Å². The Hall–Kier alpha value is -1.79. The van der Waals surface area contributed by atoms with Gasteiger partial charge in [0.1, 0.15) is 5.69 Å². The number of hydrogen-bond acceptors (Lipinski definition) is 2. The second kappa shape index (κ2) is 3.90. The second-order valence-corrected chi connectivity index (χ2v) is 3.92. The molecule has 92 valence electrons. The maximum absolute atomic E-state index is 12.4.